The van der Waals surface area contributed by atoms with E-state index in [9.17, 15) is 9.59 Å². The van der Waals surface area contributed by atoms with E-state index >= 15 is 0 Å². The van der Waals surface area contributed by atoms with Gasteiger partial charge in [0, 0.05) is 13.5 Å². The smallest absolute Gasteiger partial charge is 0.267 e. The van der Waals surface area contributed by atoms with Gasteiger partial charge in [-0.3, -0.25) is 9.59 Å². The SMILES string of the molecule is CCC(=O)[C@@H](CC(C)C)N(C)C(=O)c1snnc1C. The fraction of sp³-hybridized carbons (Fsp3) is 0.692. The number of aromatic nitrogens is 2. The van der Waals surface area contributed by atoms with Crippen molar-refractivity contribution in [2.75, 3.05) is 7.05 Å². The quantitative estimate of drug-likeness (QED) is 0.803. The second-order valence-corrected chi connectivity index (χ2v) is 5.82. The van der Waals surface area contributed by atoms with Crippen LogP contribution >= 0.6 is 11.5 Å². The summed E-state index contributed by atoms with van der Waals surface area (Å²) in [5.41, 5.74) is 0.620. The molecule has 0 aliphatic carbocycles. The second-order valence-electron chi connectivity index (χ2n) is 5.07. The molecule has 6 heteroatoms. The molecule has 0 aliphatic rings. The highest BCUT2D eigenvalue weighted by Crippen LogP contribution is 2.18. The number of hydrogen-bond acceptors (Lipinski definition) is 5. The molecule has 0 unspecified atom stereocenters. The average molecular weight is 283 g/mol. The van der Waals surface area contributed by atoms with Gasteiger partial charge in [0.2, 0.25) is 0 Å². The molecule has 0 aliphatic heterocycles. The number of rotatable bonds is 6. The Morgan fingerprint density at radius 1 is 1.37 bits per heavy atom. The van der Waals surface area contributed by atoms with Gasteiger partial charge >= 0.3 is 0 Å². The number of ketones is 1. The van der Waals surface area contributed by atoms with Crippen LogP contribution in [0.2, 0.25) is 0 Å². The normalized spacial score (nSPS) is 12.5. The summed E-state index contributed by atoms with van der Waals surface area (Å²) in [6, 6.07) is -0.362. The van der Waals surface area contributed by atoms with E-state index in [-0.39, 0.29) is 17.7 Å². The molecule has 19 heavy (non-hydrogen) atoms. The maximum Gasteiger partial charge on any atom is 0.267 e. The van der Waals surface area contributed by atoms with Crippen molar-refractivity contribution in [1.29, 1.82) is 0 Å². The number of amides is 1. The predicted molar refractivity (Wildman–Crippen MR) is 75.3 cm³/mol. The Labute approximate surface area is 118 Å². The predicted octanol–water partition coefficient (Wildman–Crippen LogP) is 2.31. The summed E-state index contributed by atoms with van der Waals surface area (Å²) < 4.78 is 3.77. The van der Waals surface area contributed by atoms with Crippen molar-refractivity contribution < 1.29 is 9.59 Å². The molecule has 0 fully saturated rings. The van der Waals surface area contributed by atoms with Crippen LogP contribution in [0.4, 0.5) is 0 Å². The molecule has 0 N–H and O–H groups in total. The lowest BCUT2D eigenvalue weighted by atomic mass is 9.97. The summed E-state index contributed by atoms with van der Waals surface area (Å²) in [5.74, 6) is 0.288. The zero-order valence-corrected chi connectivity index (χ0v) is 13.0. The second kappa shape index (κ2) is 6.75. The molecule has 1 heterocycles. The molecule has 1 aromatic rings. The van der Waals surface area contributed by atoms with E-state index in [1.54, 1.807) is 14.0 Å². The van der Waals surface area contributed by atoms with Crippen molar-refractivity contribution in [2.45, 2.75) is 46.6 Å². The van der Waals surface area contributed by atoms with Gasteiger partial charge in [0.25, 0.3) is 5.91 Å². The fourth-order valence-electron chi connectivity index (χ4n) is 1.92. The summed E-state index contributed by atoms with van der Waals surface area (Å²) in [6.07, 6.45) is 1.12. The van der Waals surface area contributed by atoms with Gasteiger partial charge in [-0.2, -0.15) is 0 Å². The molecule has 0 radical (unpaired) electrons. The number of carbonyl (C=O) groups is 2. The number of hydrogen-bond donors (Lipinski definition) is 0. The first-order valence-electron chi connectivity index (χ1n) is 6.47. The zero-order chi connectivity index (χ0) is 14.6. The Hall–Kier alpha value is -1.30. The summed E-state index contributed by atoms with van der Waals surface area (Å²) in [6.45, 7) is 7.68. The Kier molecular flexibility index (Phi) is 5.60. The van der Waals surface area contributed by atoms with Crippen molar-refractivity contribution in [2.24, 2.45) is 5.92 Å². The third kappa shape index (κ3) is 3.83. The van der Waals surface area contributed by atoms with Crippen LogP contribution in [0.3, 0.4) is 0 Å². The van der Waals surface area contributed by atoms with Crippen LogP contribution < -0.4 is 0 Å². The summed E-state index contributed by atoms with van der Waals surface area (Å²) in [7, 11) is 1.68. The molecule has 106 valence electrons. The molecule has 1 aromatic heterocycles. The zero-order valence-electron chi connectivity index (χ0n) is 12.1. The summed E-state index contributed by atoms with van der Waals surface area (Å²) in [5, 5.41) is 3.84. The van der Waals surface area contributed by atoms with Crippen molar-refractivity contribution in [1.82, 2.24) is 14.5 Å². The Bertz CT molecular complexity index is 456. The Morgan fingerprint density at radius 2 is 2.00 bits per heavy atom. The topological polar surface area (TPSA) is 63.2 Å². The summed E-state index contributed by atoms with van der Waals surface area (Å²) in [4.78, 5) is 26.4. The fourth-order valence-corrected chi connectivity index (χ4v) is 2.56. The molecule has 1 atom stereocenters. The van der Waals surface area contributed by atoms with Gasteiger partial charge in [-0.25, -0.2) is 0 Å². The summed E-state index contributed by atoms with van der Waals surface area (Å²) >= 11 is 1.08. The van der Waals surface area contributed by atoms with Gasteiger partial charge in [0.15, 0.2) is 5.78 Å². The van der Waals surface area contributed by atoms with E-state index in [1.807, 2.05) is 20.8 Å². The minimum absolute atomic E-state index is 0.0969. The monoisotopic (exact) mass is 283 g/mol. The highest BCUT2D eigenvalue weighted by Gasteiger charge is 2.28. The molecular formula is C13H21N3O2S. The Morgan fingerprint density at radius 3 is 2.42 bits per heavy atom. The van der Waals surface area contributed by atoms with Gasteiger partial charge in [0.05, 0.1) is 11.7 Å². The largest absolute Gasteiger partial charge is 0.331 e. The first-order valence-corrected chi connectivity index (χ1v) is 7.24. The lowest BCUT2D eigenvalue weighted by Gasteiger charge is -2.27. The van der Waals surface area contributed by atoms with Crippen LogP contribution in [0, 0.1) is 12.8 Å². The van der Waals surface area contributed by atoms with Crippen LogP contribution in [0.1, 0.15) is 49.0 Å². The van der Waals surface area contributed by atoms with E-state index in [0.29, 0.717) is 29.3 Å². The molecule has 0 saturated carbocycles. The molecule has 0 saturated heterocycles. The highest BCUT2D eigenvalue weighted by molar-refractivity contribution is 7.07. The molecule has 1 rings (SSSR count). The maximum atomic E-state index is 12.4. The first kappa shape index (κ1) is 15.8. The number of nitrogens with zero attached hydrogens (tertiary/aromatic N) is 3. The molecule has 0 bridgehead atoms. The van der Waals surface area contributed by atoms with Crippen LogP contribution in [0.25, 0.3) is 0 Å². The van der Waals surface area contributed by atoms with Crippen molar-refractivity contribution in [3.05, 3.63) is 10.6 Å². The van der Waals surface area contributed by atoms with Crippen molar-refractivity contribution >= 4 is 23.2 Å². The van der Waals surface area contributed by atoms with Gasteiger partial charge in [0.1, 0.15) is 4.88 Å². The van der Waals surface area contributed by atoms with Crippen LogP contribution in [-0.4, -0.2) is 39.3 Å². The minimum Gasteiger partial charge on any atom is -0.331 e. The standard InChI is InChI=1S/C13H21N3O2S/c1-6-11(17)10(7-8(2)3)16(5)13(18)12-9(4)14-15-19-12/h8,10H,6-7H2,1-5H3/t10-/m1/s1. The third-order valence-corrected chi connectivity index (χ3v) is 3.86. The molecule has 0 spiro atoms. The van der Waals surface area contributed by atoms with Gasteiger partial charge in [-0.15, -0.1) is 5.10 Å². The number of carbonyl (C=O) groups excluding carboxylic acids is 2. The average Bonchev–Trinajstić information content (AvgIpc) is 2.79. The molecule has 1 amide bonds. The maximum absolute atomic E-state index is 12.4. The van der Waals surface area contributed by atoms with Crippen molar-refractivity contribution in [3.8, 4) is 0 Å². The van der Waals surface area contributed by atoms with Gasteiger partial charge < -0.3 is 4.90 Å². The number of likely N-dealkylation sites (N-methyl/N-ethyl adjacent to an activating group) is 1. The first-order chi connectivity index (χ1) is 8.88. The van der Waals surface area contributed by atoms with Crippen LogP contribution in [0.15, 0.2) is 0 Å². The Balaban J connectivity index is 2.93. The lowest BCUT2D eigenvalue weighted by molar-refractivity contribution is -0.123. The lowest BCUT2D eigenvalue weighted by Crippen LogP contribution is -2.43. The van der Waals surface area contributed by atoms with E-state index < -0.39 is 0 Å². The van der Waals surface area contributed by atoms with E-state index in [2.05, 4.69) is 9.59 Å². The molecule has 0 aromatic carbocycles. The van der Waals surface area contributed by atoms with E-state index in [4.69, 9.17) is 0 Å². The van der Waals surface area contributed by atoms with Crippen LogP contribution in [-0.2, 0) is 4.79 Å². The minimum atomic E-state index is -0.362. The van der Waals surface area contributed by atoms with Crippen molar-refractivity contribution in [3.63, 3.8) is 0 Å². The van der Waals surface area contributed by atoms with Crippen LogP contribution in [0.5, 0.6) is 0 Å². The highest BCUT2D eigenvalue weighted by atomic mass is 32.1. The third-order valence-electron chi connectivity index (χ3n) is 3.05. The van der Waals surface area contributed by atoms with E-state index in [0.717, 1.165) is 11.5 Å². The van der Waals surface area contributed by atoms with E-state index in [1.165, 1.54) is 4.90 Å². The van der Waals surface area contributed by atoms with Gasteiger partial charge in [-0.05, 0) is 30.8 Å². The number of aryl methyl sites for hydroxylation is 1. The molecular weight excluding hydrogens is 262 g/mol. The number of Topliss-reactive ketones (excluding diaryl/α,β-unsaturated/α-hetero) is 1. The molecule has 5 nitrogen and oxygen atoms in total. The van der Waals surface area contributed by atoms with Gasteiger partial charge in [-0.1, -0.05) is 25.3 Å².